The first-order chi connectivity index (χ1) is 7.59. The molecule has 0 aromatic carbocycles. The molecule has 2 rings (SSSR count). The minimum atomic E-state index is -0.931. The van der Waals surface area contributed by atoms with E-state index in [2.05, 4.69) is 16.8 Å². The minimum Gasteiger partial charge on any atom is -0.476 e. The van der Waals surface area contributed by atoms with Gasteiger partial charge in [0, 0.05) is 29.0 Å². The fourth-order valence-electron chi connectivity index (χ4n) is 1.72. The van der Waals surface area contributed by atoms with E-state index in [1.165, 1.54) is 11.3 Å². The lowest BCUT2D eigenvalue weighted by molar-refractivity contribution is 0.0690. The number of carboxylic acid groups (broad SMARTS) is 1. The van der Waals surface area contributed by atoms with Crippen molar-refractivity contribution in [2.24, 2.45) is 0 Å². The van der Waals surface area contributed by atoms with Crippen molar-refractivity contribution in [1.82, 2.24) is 4.98 Å². The Morgan fingerprint density at radius 2 is 2.38 bits per heavy atom. The molecule has 1 aliphatic heterocycles. The van der Waals surface area contributed by atoms with Gasteiger partial charge < -0.3 is 10.0 Å². The van der Waals surface area contributed by atoms with Crippen LogP contribution >= 0.6 is 23.1 Å². The molecule has 1 atom stereocenters. The number of hydrogen-bond acceptors (Lipinski definition) is 5. The molecule has 6 heteroatoms. The maximum Gasteiger partial charge on any atom is 0.355 e. The first-order valence-electron chi connectivity index (χ1n) is 5.14. The van der Waals surface area contributed by atoms with Crippen LogP contribution in [0.15, 0.2) is 0 Å². The molecule has 88 valence electrons. The zero-order chi connectivity index (χ0) is 11.7. The number of thiazole rings is 1. The van der Waals surface area contributed by atoms with Crippen molar-refractivity contribution < 1.29 is 9.90 Å². The fraction of sp³-hybridized carbons (Fsp3) is 0.600. The molecule has 0 bridgehead atoms. The maximum atomic E-state index is 10.9. The average Bonchev–Trinajstić information content (AvgIpc) is 2.61. The second-order valence-electron chi connectivity index (χ2n) is 3.82. The van der Waals surface area contributed by atoms with Gasteiger partial charge in [0.05, 0.1) is 0 Å². The van der Waals surface area contributed by atoms with Crippen LogP contribution in [-0.4, -0.2) is 40.2 Å². The summed E-state index contributed by atoms with van der Waals surface area (Å²) < 4.78 is 0. The van der Waals surface area contributed by atoms with Crippen LogP contribution in [0.2, 0.25) is 0 Å². The minimum absolute atomic E-state index is 0.199. The van der Waals surface area contributed by atoms with Gasteiger partial charge in [-0.05, 0) is 13.8 Å². The Balaban J connectivity index is 2.26. The smallest absolute Gasteiger partial charge is 0.355 e. The van der Waals surface area contributed by atoms with Crippen LogP contribution in [0, 0.1) is 6.92 Å². The molecular formula is C10H14N2O2S2. The molecule has 0 radical (unpaired) electrons. The number of nitrogens with zero attached hydrogens (tertiary/aromatic N) is 2. The van der Waals surface area contributed by atoms with E-state index in [1.807, 2.05) is 18.7 Å². The number of thioether (sulfide) groups is 1. The summed E-state index contributed by atoms with van der Waals surface area (Å²) in [5.41, 5.74) is 0.199. The second kappa shape index (κ2) is 4.63. The summed E-state index contributed by atoms with van der Waals surface area (Å²) in [6.45, 7) is 4.93. The number of carbonyl (C=O) groups is 1. The van der Waals surface area contributed by atoms with E-state index in [-0.39, 0.29) is 5.69 Å². The largest absolute Gasteiger partial charge is 0.476 e. The van der Waals surface area contributed by atoms with Crippen LogP contribution in [0.1, 0.15) is 22.3 Å². The molecule has 0 amide bonds. The summed E-state index contributed by atoms with van der Waals surface area (Å²) in [5, 5.41) is 9.81. The molecule has 16 heavy (non-hydrogen) atoms. The Labute approximate surface area is 103 Å². The van der Waals surface area contributed by atoms with E-state index in [0.717, 1.165) is 28.1 Å². The van der Waals surface area contributed by atoms with E-state index in [9.17, 15) is 4.79 Å². The SMILES string of the molecule is Cc1sc(N2CCSCC2C)nc1C(=O)O. The van der Waals surface area contributed by atoms with Crippen molar-refractivity contribution in [3.8, 4) is 0 Å². The van der Waals surface area contributed by atoms with Gasteiger partial charge in [-0.15, -0.1) is 11.3 Å². The number of rotatable bonds is 2. The van der Waals surface area contributed by atoms with Gasteiger partial charge in [-0.1, -0.05) is 0 Å². The molecule has 2 heterocycles. The lowest BCUT2D eigenvalue weighted by Gasteiger charge is -2.32. The van der Waals surface area contributed by atoms with Crippen LogP contribution in [0.5, 0.6) is 0 Å². The van der Waals surface area contributed by atoms with Gasteiger partial charge in [0.25, 0.3) is 0 Å². The molecule has 0 aliphatic carbocycles. The predicted octanol–water partition coefficient (Wildman–Crippen LogP) is 2.09. The third-order valence-corrected chi connectivity index (χ3v) is 4.80. The number of aryl methyl sites for hydroxylation is 1. The molecule has 0 spiro atoms. The normalized spacial score (nSPS) is 21.1. The summed E-state index contributed by atoms with van der Waals surface area (Å²) >= 11 is 3.42. The highest BCUT2D eigenvalue weighted by atomic mass is 32.2. The first-order valence-corrected chi connectivity index (χ1v) is 7.12. The monoisotopic (exact) mass is 258 g/mol. The maximum absolute atomic E-state index is 10.9. The number of anilines is 1. The van der Waals surface area contributed by atoms with E-state index in [0.29, 0.717) is 6.04 Å². The molecule has 1 aromatic heterocycles. The third kappa shape index (κ3) is 2.17. The molecule has 1 saturated heterocycles. The topological polar surface area (TPSA) is 53.4 Å². The Bertz CT molecular complexity index is 406. The van der Waals surface area contributed by atoms with Crippen LogP contribution in [-0.2, 0) is 0 Å². The van der Waals surface area contributed by atoms with E-state index >= 15 is 0 Å². The van der Waals surface area contributed by atoms with Crippen LogP contribution in [0.25, 0.3) is 0 Å². The zero-order valence-corrected chi connectivity index (χ0v) is 10.9. The van der Waals surface area contributed by atoms with E-state index < -0.39 is 5.97 Å². The summed E-state index contributed by atoms with van der Waals surface area (Å²) in [4.78, 5) is 18.1. The Morgan fingerprint density at radius 3 is 2.94 bits per heavy atom. The van der Waals surface area contributed by atoms with Gasteiger partial charge in [-0.2, -0.15) is 11.8 Å². The molecule has 1 unspecified atom stereocenters. The summed E-state index contributed by atoms with van der Waals surface area (Å²) in [6.07, 6.45) is 0. The van der Waals surface area contributed by atoms with Gasteiger partial charge in [-0.3, -0.25) is 0 Å². The molecule has 0 saturated carbocycles. The van der Waals surface area contributed by atoms with Gasteiger partial charge in [0.1, 0.15) is 0 Å². The molecule has 1 aromatic rings. The number of aromatic nitrogens is 1. The van der Waals surface area contributed by atoms with Crippen LogP contribution < -0.4 is 4.90 Å². The molecule has 1 N–H and O–H groups in total. The summed E-state index contributed by atoms with van der Waals surface area (Å²) in [5.74, 6) is 1.24. The van der Waals surface area contributed by atoms with Crippen LogP contribution in [0.4, 0.5) is 5.13 Å². The zero-order valence-electron chi connectivity index (χ0n) is 9.27. The van der Waals surface area contributed by atoms with Crippen molar-refractivity contribution in [3.05, 3.63) is 10.6 Å². The Hall–Kier alpha value is -0.750. The standard InChI is InChI=1S/C10H14N2O2S2/c1-6-5-15-4-3-12(6)10-11-8(9(13)14)7(2)16-10/h6H,3-5H2,1-2H3,(H,13,14). The van der Waals surface area contributed by atoms with Gasteiger partial charge in [-0.25, -0.2) is 9.78 Å². The molecule has 1 aliphatic rings. The highest BCUT2D eigenvalue weighted by molar-refractivity contribution is 7.99. The van der Waals surface area contributed by atoms with E-state index in [4.69, 9.17) is 5.11 Å². The molecular weight excluding hydrogens is 244 g/mol. The first kappa shape index (κ1) is 11.7. The van der Waals surface area contributed by atoms with Crippen molar-refractivity contribution in [2.45, 2.75) is 19.9 Å². The van der Waals surface area contributed by atoms with Crippen molar-refractivity contribution in [2.75, 3.05) is 23.0 Å². The average molecular weight is 258 g/mol. The number of aromatic carboxylic acids is 1. The van der Waals surface area contributed by atoms with Gasteiger partial charge >= 0.3 is 5.97 Å². The van der Waals surface area contributed by atoms with Gasteiger partial charge in [0.15, 0.2) is 10.8 Å². The highest BCUT2D eigenvalue weighted by Gasteiger charge is 2.24. The van der Waals surface area contributed by atoms with Crippen molar-refractivity contribution in [1.29, 1.82) is 0 Å². The number of hydrogen-bond donors (Lipinski definition) is 1. The predicted molar refractivity (Wildman–Crippen MR) is 67.9 cm³/mol. The van der Waals surface area contributed by atoms with Gasteiger partial charge in [0.2, 0.25) is 0 Å². The lowest BCUT2D eigenvalue weighted by Crippen LogP contribution is -2.40. The van der Waals surface area contributed by atoms with Crippen molar-refractivity contribution in [3.63, 3.8) is 0 Å². The lowest BCUT2D eigenvalue weighted by atomic mass is 10.3. The second-order valence-corrected chi connectivity index (χ2v) is 6.16. The number of carboxylic acids is 1. The summed E-state index contributed by atoms with van der Waals surface area (Å²) in [7, 11) is 0. The quantitative estimate of drug-likeness (QED) is 0.880. The van der Waals surface area contributed by atoms with Crippen LogP contribution in [0.3, 0.4) is 0 Å². The molecule has 4 nitrogen and oxygen atoms in total. The fourth-order valence-corrected chi connectivity index (χ4v) is 3.76. The van der Waals surface area contributed by atoms with E-state index in [1.54, 1.807) is 0 Å². The van der Waals surface area contributed by atoms with Crippen molar-refractivity contribution >= 4 is 34.2 Å². The Morgan fingerprint density at radius 1 is 1.62 bits per heavy atom. The summed E-state index contributed by atoms with van der Waals surface area (Å²) in [6, 6.07) is 0.436. The molecule has 1 fully saturated rings. The highest BCUT2D eigenvalue weighted by Crippen LogP contribution is 2.30. The third-order valence-electron chi connectivity index (χ3n) is 2.60. The Kier molecular flexibility index (Phi) is 3.39.